The van der Waals surface area contributed by atoms with Crippen LogP contribution in [-0.2, 0) is 0 Å². The van der Waals surface area contributed by atoms with Gasteiger partial charge in [-0.05, 0) is 29.9 Å². The molecule has 0 aliphatic rings. The van der Waals surface area contributed by atoms with E-state index in [9.17, 15) is 0 Å². The standard InChI is InChI=1S/C10H22S/c1-5-10(3,4)8-9(2)6-7-11/h9,11H,5-8H2,1-4H3. The molecule has 0 amide bonds. The minimum atomic E-state index is 0.530. The summed E-state index contributed by atoms with van der Waals surface area (Å²) in [5.41, 5.74) is 0.530. The van der Waals surface area contributed by atoms with E-state index in [0.29, 0.717) is 5.41 Å². The normalized spacial score (nSPS) is 15.0. The monoisotopic (exact) mass is 174 g/mol. The van der Waals surface area contributed by atoms with Gasteiger partial charge in [-0.15, -0.1) is 0 Å². The third kappa shape index (κ3) is 5.60. The summed E-state index contributed by atoms with van der Waals surface area (Å²) >= 11 is 4.24. The second-order valence-electron chi connectivity index (χ2n) is 4.34. The predicted octanol–water partition coefficient (Wildman–Crippen LogP) is 3.77. The van der Waals surface area contributed by atoms with Crippen molar-refractivity contribution in [1.29, 1.82) is 0 Å². The molecule has 0 bridgehead atoms. The van der Waals surface area contributed by atoms with Crippen LogP contribution in [0.2, 0.25) is 0 Å². The zero-order valence-corrected chi connectivity index (χ0v) is 9.25. The maximum Gasteiger partial charge on any atom is -0.00954 e. The van der Waals surface area contributed by atoms with E-state index >= 15 is 0 Å². The van der Waals surface area contributed by atoms with Crippen molar-refractivity contribution in [1.82, 2.24) is 0 Å². The summed E-state index contributed by atoms with van der Waals surface area (Å²) in [7, 11) is 0. The molecule has 0 radical (unpaired) electrons. The third-order valence-corrected chi connectivity index (χ3v) is 2.74. The van der Waals surface area contributed by atoms with Gasteiger partial charge in [0, 0.05) is 0 Å². The van der Waals surface area contributed by atoms with E-state index < -0.39 is 0 Å². The molecule has 11 heavy (non-hydrogen) atoms. The van der Waals surface area contributed by atoms with Crippen LogP contribution in [0.1, 0.15) is 47.0 Å². The van der Waals surface area contributed by atoms with Crippen LogP contribution in [0, 0.1) is 11.3 Å². The lowest BCUT2D eigenvalue weighted by Crippen LogP contribution is -2.14. The van der Waals surface area contributed by atoms with Gasteiger partial charge in [-0.3, -0.25) is 0 Å². The molecule has 0 fully saturated rings. The van der Waals surface area contributed by atoms with E-state index in [1.165, 1.54) is 19.3 Å². The molecule has 0 saturated carbocycles. The summed E-state index contributed by atoms with van der Waals surface area (Å²) < 4.78 is 0. The van der Waals surface area contributed by atoms with E-state index in [4.69, 9.17) is 0 Å². The molecule has 1 atom stereocenters. The van der Waals surface area contributed by atoms with Crippen molar-refractivity contribution < 1.29 is 0 Å². The Labute approximate surface area is 77.2 Å². The van der Waals surface area contributed by atoms with Crippen LogP contribution in [0.4, 0.5) is 0 Å². The van der Waals surface area contributed by atoms with Gasteiger partial charge in [-0.2, -0.15) is 12.6 Å². The van der Waals surface area contributed by atoms with Crippen LogP contribution in [0.25, 0.3) is 0 Å². The first-order valence-electron chi connectivity index (χ1n) is 4.62. The summed E-state index contributed by atoms with van der Waals surface area (Å²) in [4.78, 5) is 0. The largest absolute Gasteiger partial charge is 0.179 e. The van der Waals surface area contributed by atoms with E-state index in [1.54, 1.807) is 0 Å². The van der Waals surface area contributed by atoms with E-state index in [0.717, 1.165) is 11.7 Å². The summed E-state index contributed by atoms with van der Waals surface area (Å²) in [6.45, 7) is 9.30. The highest BCUT2D eigenvalue weighted by molar-refractivity contribution is 7.80. The Hall–Kier alpha value is 0.350. The molecule has 0 N–H and O–H groups in total. The molecule has 1 heteroatoms. The molecule has 0 aromatic heterocycles. The zero-order valence-electron chi connectivity index (χ0n) is 8.35. The fraction of sp³-hybridized carbons (Fsp3) is 1.00. The van der Waals surface area contributed by atoms with Crippen LogP contribution in [0.15, 0.2) is 0 Å². The van der Waals surface area contributed by atoms with Gasteiger partial charge in [0.15, 0.2) is 0 Å². The van der Waals surface area contributed by atoms with Crippen molar-refractivity contribution in [2.24, 2.45) is 11.3 Å². The summed E-state index contributed by atoms with van der Waals surface area (Å²) in [6, 6.07) is 0. The number of hydrogen-bond donors (Lipinski definition) is 1. The average molecular weight is 174 g/mol. The molecular weight excluding hydrogens is 152 g/mol. The van der Waals surface area contributed by atoms with Crippen molar-refractivity contribution in [2.75, 3.05) is 5.75 Å². The second kappa shape index (κ2) is 5.08. The number of rotatable bonds is 5. The maximum atomic E-state index is 4.24. The predicted molar refractivity (Wildman–Crippen MR) is 56.3 cm³/mol. The Morgan fingerprint density at radius 2 is 1.91 bits per heavy atom. The highest BCUT2D eigenvalue weighted by atomic mass is 32.1. The summed E-state index contributed by atoms with van der Waals surface area (Å²) in [5.74, 6) is 1.86. The number of hydrogen-bond acceptors (Lipinski definition) is 1. The van der Waals surface area contributed by atoms with Crippen LogP contribution in [0.3, 0.4) is 0 Å². The Kier molecular flexibility index (Phi) is 5.24. The molecule has 0 aromatic carbocycles. The molecule has 0 nitrogen and oxygen atoms in total. The highest BCUT2D eigenvalue weighted by Crippen LogP contribution is 2.29. The first kappa shape index (κ1) is 11.4. The zero-order chi connectivity index (χ0) is 8.91. The van der Waals surface area contributed by atoms with Crippen LogP contribution in [-0.4, -0.2) is 5.75 Å². The second-order valence-corrected chi connectivity index (χ2v) is 4.79. The van der Waals surface area contributed by atoms with Gasteiger partial charge < -0.3 is 0 Å². The number of thiol groups is 1. The van der Waals surface area contributed by atoms with Gasteiger partial charge in [0.1, 0.15) is 0 Å². The minimum absolute atomic E-state index is 0.530. The van der Waals surface area contributed by atoms with Gasteiger partial charge >= 0.3 is 0 Å². The summed E-state index contributed by atoms with van der Waals surface area (Å²) in [6.07, 6.45) is 3.88. The topological polar surface area (TPSA) is 0 Å². The van der Waals surface area contributed by atoms with Crippen molar-refractivity contribution in [3.63, 3.8) is 0 Å². The van der Waals surface area contributed by atoms with Crippen molar-refractivity contribution >= 4 is 12.6 Å². The average Bonchev–Trinajstić information content (AvgIpc) is 1.87. The molecule has 0 aromatic rings. The first-order chi connectivity index (χ1) is 5.02. The lowest BCUT2D eigenvalue weighted by atomic mass is 9.80. The quantitative estimate of drug-likeness (QED) is 0.603. The van der Waals surface area contributed by atoms with E-state index in [-0.39, 0.29) is 0 Å². The van der Waals surface area contributed by atoms with E-state index in [1.807, 2.05) is 0 Å². The molecule has 0 aliphatic heterocycles. The third-order valence-electron chi connectivity index (χ3n) is 2.48. The molecule has 1 unspecified atom stereocenters. The molecular formula is C10H22S. The first-order valence-corrected chi connectivity index (χ1v) is 5.26. The van der Waals surface area contributed by atoms with Crippen LogP contribution >= 0.6 is 12.6 Å². The maximum absolute atomic E-state index is 4.24. The van der Waals surface area contributed by atoms with Gasteiger partial charge in [-0.1, -0.05) is 34.1 Å². The lowest BCUT2D eigenvalue weighted by molar-refractivity contribution is 0.264. The van der Waals surface area contributed by atoms with E-state index in [2.05, 4.69) is 40.3 Å². The van der Waals surface area contributed by atoms with Gasteiger partial charge in [0.25, 0.3) is 0 Å². The lowest BCUT2D eigenvalue weighted by Gasteiger charge is -2.26. The Bertz CT molecular complexity index is 97.0. The van der Waals surface area contributed by atoms with Gasteiger partial charge in [0.05, 0.1) is 0 Å². The summed E-state index contributed by atoms with van der Waals surface area (Å²) in [5, 5.41) is 0. The van der Waals surface area contributed by atoms with Gasteiger partial charge in [-0.25, -0.2) is 0 Å². The molecule has 68 valence electrons. The smallest absolute Gasteiger partial charge is 0.00954 e. The molecule has 0 rings (SSSR count). The van der Waals surface area contributed by atoms with Gasteiger partial charge in [0.2, 0.25) is 0 Å². The van der Waals surface area contributed by atoms with Crippen LogP contribution in [0.5, 0.6) is 0 Å². The van der Waals surface area contributed by atoms with Crippen LogP contribution < -0.4 is 0 Å². The molecule has 0 heterocycles. The van der Waals surface area contributed by atoms with Crippen molar-refractivity contribution in [2.45, 2.75) is 47.0 Å². The minimum Gasteiger partial charge on any atom is -0.179 e. The highest BCUT2D eigenvalue weighted by Gasteiger charge is 2.17. The van der Waals surface area contributed by atoms with Crippen molar-refractivity contribution in [3.8, 4) is 0 Å². The molecule has 0 saturated heterocycles. The van der Waals surface area contributed by atoms with Crippen molar-refractivity contribution in [3.05, 3.63) is 0 Å². The molecule has 0 spiro atoms. The fourth-order valence-electron chi connectivity index (χ4n) is 1.41. The fourth-order valence-corrected chi connectivity index (χ4v) is 1.85. The Morgan fingerprint density at radius 3 is 2.27 bits per heavy atom. The Morgan fingerprint density at radius 1 is 1.36 bits per heavy atom. The molecule has 0 aliphatic carbocycles. The SMILES string of the molecule is CCC(C)(C)CC(C)CCS. The Balaban J connectivity index is 3.64.